The van der Waals surface area contributed by atoms with Crippen LogP contribution in [0.4, 0.5) is 5.69 Å². The number of ketones is 1. The lowest BCUT2D eigenvalue weighted by Gasteiger charge is -2.40. The smallest absolute Gasteiger partial charge is 0.260 e. The zero-order valence-electron chi connectivity index (χ0n) is 17.5. The molecule has 9 heteroatoms. The van der Waals surface area contributed by atoms with Gasteiger partial charge in [-0.25, -0.2) is 4.68 Å². The average Bonchev–Trinajstić information content (AvgIpc) is 3.38. The van der Waals surface area contributed by atoms with E-state index < -0.39 is 10.8 Å². The van der Waals surface area contributed by atoms with E-state index in [4.69, 9.17) is 0 Å². The highest BCUT2D eigenvalue weighted by Gasteiger charge is 2.60. The number of pyridine rings is 1. The van der Waals surface area contributed by atoms with Crippen LogP contribution in [0.15, 0.2) is 84.3 Å². The lowest BCUT2D eigenvalue weighted by atomic mass is 9.84. The van der Waals surface area contributed by atoms with Gasteiger partial charge in [0.1, 0.15) is 5.25 Å². The molecule has 0 saturated carbocycles. The average molecular weight is 455 g/mol. The lowest BCUT2D eigenvalue weighted by Crippen LogP contribution is -2.59. The summed E-state index contributed by atoms with van der Waals surface area (Å²) in [6, 6.07) is 20.3. The van der Waals surface area contributed by atoms with Gasteiger partial charge in [-0.2, -0.15) is 0 Å². The van der Waals surface area contributed by atoms with Crippen molar-refractivity contribution in [2.24, 2.45) is 0 Å². The molecular formula is C24H18N6O2S. The summed E-state index contributed by atoms with van der Waals surface area (Å²) in [5.41, 5.74) is 4.93. The van der Waals surface area contributed by atoms with Crippen LogP contribution in [0.5, 0.6) is 0 Å². The summed E-state index contributed by atoms with van der Waals surface area (Å²) in [6.45, 7) is 0. The number of benzene rings is 2. The maximum absolute atomic E-state index is 13.9. The molecule has 0 aliphatic carbocycles. The van der Waals surface area contributed by atoms with Crippen LogP contribution in [0.3, 0.4) is 0 Å². The first-order chi connectivity index (χ1) is 16.1. The summed E-state index contributed by atoms with van der Waals surface area (Å²) in [5, 5.41) is 8.42. The molecule has 2 aromatic heterocycles. The minimum absolute atomic E-state index is 0.147. The summed E-state index contributed by atoms with van der Waals surface area (Å²) in [5.74, 6) is 0.196. The first kappa shape index (κ1) is 19.7. The third-order valence-electron chi connectivity index (χ3n) is 6.11. The van der Waals surface area contributed by atoms with Gasteiger partial charge in [0.25, 0.3) is 5.91 Å². The first-order valence-electron chi connectivity index (χ1n) is 10.4. The molecule has 2 aliphatic heterocycles. The van der Waals surface area contributed by atoms with Gasteiger partial charge in [0.15, 0.2) is 17.1 Å². The highest BCUT2D eigenvalue weighted by Crippen LogP contribution is 2.50. The Morgan fingerprint density at radius 3 is 2.52 bits per heavy atom. The molecule has 162 valence electrons. The molecule has 4 aromatic rings. The van der Waals surface area contributed by atoms with Crippen molar-refractivity contribution >= 4 is 29.1 Å². The number of para-hydroxylation sites is 1. The quantitative estimate of drug-likeness (QED) is 0.476. The topological polar surface area (TPSA) is 93.0 Å². The molecule has 1 amide bonds. The Balaban J connectivity index is 1.57. The molecule has 4 heterocycles. The molecule has 1 N–H and O–H groups in total. The zero-order valence-corrected chi connectivity index (χ0v) is 18.4. The Labute approximate surface area is 193 Å². The molecule has 2 aliphatic rings. The normalized spacial score (nSPS) is 20.9. The van der Waals surface area contributed by atoms with Crippen molar-refractivity contribution in [2.45, 2.75) is 15.9 Å². The number of aromatic nitrogens is 4. The maximum Gasteiger partial charge on any atom is 0.260 e. The SMILES string of the molecule is CN1C(=O)C2(Nn3c(nnc3-c3ccncc3)SC2C(=O)c2ccccc2)c2ccccc21. The number of hydrogen-bond donors (Lipinski definition) is 1. The van der Waals surface area contributed by atoms with E-state index in [1.165, 1.54) is 11.8 Å². The third kappa shape index (κ3) is 2.75. The van der Waals surface area contributed by atoms with Gasteiger partial charge in [0.05, 0.1) is 0 Å². The summed E-state index contributed by atoms with van der Waals surface area (Å²) in [6.07, 6.45) is 3.35. The van der Waals surface area contributed by atoms with Crippen molar-refractivity contribution in [3.63, 3.8) is 0 Å². The first-order valence-corrected chi connectivity index (χ1v) is 11.3. The number of likely N-dealkylation sites (N-methyl/N-ethyl adjacent to an activating group) is 1. The zero-order chi connectivity index (χ0) is 22.6. The van der Waals surface area contributed by atoms with Crippen molar-refractivity contribution in [2.75, 3.05) is 17.4 Å². The van der Waals surface area contributed by atoms with Gasteiger partial charge in [0.2, 0.25) is 5.16 Å². The van der Waals surface area contributed by atoms with Crippen molar-refractivity contribution < 1.29 is 9.59 Å². The van der Waals surface area contributed by atoms with E-state index in [9.17, 15) is 9.59 Å². The predicted molar refractivity (Wildman–Crippen MR) is 125 cm³/mol. The number of rotatable bonds is 3. The molecule has 0 bridgehead atoms. The van der Waals surface area contributed by atoms with E-state index >= 15 is 0 Å². The Morgan fingerprint density at radius 2 is 1.73 bits per heavy atom. The number of amides is 1. The Bertz CT molecular complexity index is 1390. The highest BCUT2D eigenvalue weighted by molar-refractivity contribution is 8.00. The number of anilines is 1. The second-order valence-electron chi connectivity index (χ2n) is 7.91. The molecule has 6 rings (SSSR count). The van der Waals surface area contributed by atoms with Gasteiger partial charge in [0, 0.05) is 41.8 Å². The van der Waals surface area contributed by atoms with Crippen LogP contribution in [0, 0.1) is 0 Å². The van der Waals surface area contributed by atoms with Gasteiger partial charge >= 0.3 is 0 Å². The molecule has 2 aromatic carbocycles. The minimum atomic E-state index is -1.32. The fourth-order valence-corrected chi connectivity index (χ4v) is 5.75. The van der Waals surface area contributed by atoms with Crippen molar-refractivity contribution in [1.82, 2.24) is 19.9 Å². The molecule has 0 radical (unpaired) electrons. The molecular weight excluding hydrogens is 436 g/mol. The molecule has 33 heavy (non-hydrogen) atoms. The van der Waals surface area contributed by atoms with Crippen LogP contribution in [-0.2, 0) is 10.3 Å². The van der Waals surface area contributed by atoms with Crippen LogP contribution in [0.2, 0.25) is 0 Å². The largest absolute Gasteiger partial charge is 0.313 e. The number of carbonyl (C=O) groups excluding carboxylic acids is 2. The van der Waals surface area contributed by atoms with Gasteiger partial charge in [-0.3, -0.25) is 14.6 Å². The fraction of sp³-hybridized carbons (Fsp3) is 0.125. The van der Waals surface area contributed by atoms with Crippen LogP contribution in [-0.4, -0.2) is 43.8 Å². The van der Waals surface area contributed by atoms with Crippen LogP contribution >= 0.6 is 11.8 Å². The summed E-state index contributed by atoms with van der Waals surface area (Å²) >= 11 is 1.26. The van der Waals surface area contributed by atoms with E-state index in [0.29, 0.717) is 16.5 Å². The van der Waals surface area contributed by atoms with Crippen LogP contribution in [0.25, 0.3) is 11.4 Å². The predicted octanol–water partition coefficient (Wildman–Crippen LogP) is 3.11. The van der Waals surface area contributed by atoms with Gasteiger partial charge < -0.3 is 10.3 Å². The van der Waals surface area contributed by atoms with E-state index in [1.807, 2.05) is 54.6 Å². The van der Waals surface area contributed by atoms with E-state index in [0.717, 1.165) is 16.8 Å². The van der Waals surface area contributed by atoms with Crippen molar-refractivity contribution in [3.8, 4) is 11.4 Å². The molecule has 2 atom stereocenters. The monoisotopic (exact) mass is 454 g/mol. The number of nitrogens with zero attached hydrogens (tertiary/aromatic N) is 5. The maximum atomic E-state index is 13.9. The number of Topliss-reactive ketones (excluding diaryl/α,β-unsaturated/α-hetero) is 1. The van der Waals surface area contributed by atoms with Crippen molar-refractivity contribution in [3.05, 3.63) is 90.3 Å². The second kappa shape index (κ2) is 7.28. The molecule has 2 unspecified atom stereocenters. The van der Waals surface area contributed by atoms with Crippen LogP contribution in [0.1, 0.15) is 15.9 Å². The molecule has 0 fully saturated rings. The lowest BCUT2D eigenvalue weighted by molar-refractivity contribution is -0.122. The third-order valence-corrected chi connectivity index (χ3v) is 7.38. The van der Waals surface area contributed by atoms with Crippen LogP contribution < -0.4 is 10.3 Å². The van der Waals surface area contributed by atoms with E-state index in [-0.39, 0.29) is 11.7 Å². The second-order valence-corrected chi connectivity index (χ2v) is 8.98. The number of nitrogens with one attached hydrogen (secondary N) is 1. The van der Waals surface area contributed by atoms with Gasteiger partial charge in [-0.05, 0) is 18.2 Å². The summed E-state index contributed by atoms with van der Waals surface area (Å²) in [7, 11) is 1.73. The number of thioether (sulfide) groups is 1. The highest BCUT2D eigenvalue weighted by atomic mass is 32.2. The Morgan fingerprint density at radius 1 is 1.00 bits per heavy atom. The van der Waals surface area contributed by atoms with Gasteiger partial charge in [-0.1, -0.05) is 60.3 Å². The summed E-state index contributed by atoms with van der Waals surface area (Å²) in [4.78, 5) is 33.4. The summed E-state index contributed by atoms with van der Waals surface area (Å²) < 4.78 is 1.71. The number of fused-ring (bicyclic) bond motifs is 3. The minimum Gasteiger partial charge on any atom is -0.313 e. The standard InChI is InChI=1S/C24H18N6O2S/c1-29-18-10-6-5-9-17(18)24(22(29)32)20(19(31)15-7-3-2-4-8-15)33-23-27-26-21(30(23)28-24)16-11-13-25-14-12-16/h2-14,20,28H,1H3. The number of carbonyl (C=O) groups is 2. The Kier molecular flexibility index (Phi) is 4.34. The fourth-order valence-electron chi connectivity index (χ4n) is 4.52. The molecule has 8 nitrogen and oxygen atoms in total. The molecule has 1 spiro atoms. The molecule has 0 saturated heterocycles. The number of hydrogen-bond acceptors (Lipinski definition) is 7. The van der Waals surface area contributed by atoms with E-state index in [1.54, 1.807) is 41.2 Å². The van der Waals surface area contributed by atoms with E-state index in [2.05, 4.69) is 20.6 Å². The van der Waals surface area contributed by atoms with Crippen molar-refractivity contribution in [1.29, 1.82) is 0 Å². The Hall–Kier alpha value is -3.98. The van der Waals surface area contributed by atoms with Gasteiger partial charge in [-0.15, -0.1) is 10.2 Å².